The van der Waals surface area contributed by atoms with Gasteiger partial charge in [-0.25, -0.2) is 19.0 Å². The summed E-state index contributed by atoms with van der Waals surface area (Å²) >= 11 is 0. The number of hydrogen-bond donors (Lipinski definition) is 3. The molecule has 110 valence electrons. The van der Waals surface area contributed by atoms with E-state index in [9.17, 15) is 13.2 Å². The molecule has 0 aliphatic carbocycles. The molecule has 8 heteroatoms. The van der Waals surface area contributed by atoms with Crippen molar-refractivity contribution in [1.29, 1.82) is 0 Å². The first-order chi connectivity index (χ1) is 9.53. The van der Waals surface area contributed by atoms with Gasteiger partial charge in [0.1, 0.15) is 0 Å². The second-order valence-electron chi connectivity index (χ2n) is 4.48. The molecule has 1 aromatic carbocycles. The van der Waals surface area contributed by atoms with Gasteiger partial charge in [-0.3, -0.25) is 10.2 Å². The minimum atomic E-state index is -3.59. The van der Waals surface area contributed by atoms with Gasteiger partial charge < -0.3 is 4.74 Å². The van der Waals surface area contributed by atoms with Crippen molar-refractivity contribution < 1.29 is 17.9 Å². The molecule has 1 saturated heterocycles. The fraction of sp³-hybridized carbons (Fsp3) is 0.417. The standard InChI is InChI=1S/C12H17N3O4S/c13-15-12(16)9-3-5-11(6-4-9)20(17,18)14-8-10-2-1-7-19-10/h3-6,10,14H,1-2,7-8,13H2,(H,15,16)/t10-/m0/s1. The summed E-state index contributed by atoms with van der Waals surface area (Å²) in [7, 11) is -3.59. The van der Waals surface area contributed by atoms with Crippen LogP contribution in [0.15, 0.2) is 29.2 Å². The molecular weight excluding hydrogens is 282 g/mol. The Morgan fingerprint density at radius 1 is 1.35 bits per heavy atom. The normalized spacial score (nSPS) is 18.9. The van der Waals surface area contributed by atoms with Gasteiger partial charge in [-0.2, -0.15) is 0 Å². The summed E-state index contributed by atoms with van der Waals surface area (Å²) in [4.78, 5) is 11.4. The van der Waals surface area contributed by atoms with Gasteiger partial charge in [-0.15, -0.1) is 0 Å². The molecule has 0 bridgehead atoms. The SMILES string of the molecule is NNC(=O)c1ccc(S(=O)(=O)NC[C@@H]2CCCO2)cc1. The minimum Gasteiger partial charge on any atom is -0.377 e. The van der Waals surface area contributed by atoms with Crippen molar-refractivity contribution in [3.8, 4) is 0 Å². The number of ether oxygens (including phenoxy) is 1. The topological polar surface area (TPSA) is 111 Å². The van der Waals surface area contributed by atoms with Crippen LogP contribution in [0, 0.1) is 0 Å². The van der Waals surface area contributed by atoms with E-state index in [2.05, 4.69) is 4.72 Å². The van der Waals surface area contributed by atoms with Gasteiger partial charge in [0.15, 0.2) is 0 Å². The van der Waals surface area contributed by atoms with Crippen molar-refractivity contribution in [3.05, 3.63) is 29.8 Å². The maximum atomic E-state index is 12.0. The van der Waals surface area contributed by atoms with E-state index in [0.29, 0.717) is 12.2 Å². The van der Waals surface area contributed by atoms with Crippen LogP contribution < -0.4 is 16.0 Å². The van der Waals surface area contributed by atoms with E-state index < -0.39 is 15.9 Å². The third kappa shape index (κ3) is 3.54. The second kappa shape index (κ2) is 6.31. The monoisotopic (exact) mass is 299 g/mol. The summed E-state index contributed by atoms with van der Waals surface area (Å²) in [5.41, 5.74) is 2.28. The lowest BCUT2D eigenvalue weighted by atomic mass is 10.2. The van der Waals surface area contributed by atoms with Gasteiger partial charge in [0.2, 0.25) is 10.0 Å². The number of rotatable bonds is 5. The van der Waals surface area contributed by atoms with E-state index in [1.54, 1.807) is 0 Å². The van der Waals surface area contributed by atoms with Crippen LogP contribution in [0.2, 0.25) is 0 Å². The summed E-state index contributed by atoms with van der Waals surface area (Å²) < 4.78 is 32.0. The predicted octanol–water partition coefficient (Wildman–Crippen LogP) is -0.253. The average molecular weight is 299 g/mol. The van der Waals surface area contributed by atoms with Crippen LogP contribution in [-0.2, 0) is 14.8 Å². The molecule has 1 fully saturated rings. The average Bonchev–Trinajstić information content (AvgIpc) is 2.98. The van der Waals surface area contributed by atoms with Gasteiger partial charge in [-0.05, 0) is 37.1 Å². The fourth-order valence-corrected chi connectivity index (χ4v) is 3.03. The van der Waals surface area contributed by atoms with Crippen molar-refractivity contribution in [2.75, 3.05) is 13.2 Å². The first kappa shape index (κ1) is 14.9. The molecule has 0 aromatic heterocycles. The number of amides is 1. The lowest BCUT2D eigenvalue weighted by Gasteiger charge is -2.11. The van der Waals surface area contributed by atoms with Gasteiger partial charge in [0.25, 0.3) is 5.91 Å². The maximum Gasteiger partial charge on any atom is 0.265 e. The molecule has 2 rings (SSSR count). The Kier molecular flexibility index (Phi) is 4.71. The molecule has 1 amide bonds. The largest absolute Gasteiger partial charge is 0.377 e. The molecule has 1 aliphatic rings. The van der Waals surface area contributed by atoms with Crippen molar-refractivity contribution in [3.63, 3.8) is 0 Å². The molecule has 1 heterocycles. The molecule has 1 aliphatic heterocycles. The molecule has 0 unspecified atom stereocenters. The minimum absolute atomic E-state index is 0.0629. The Balaban J connectivity index is 2.03. The Morgan fingerprint density at radius 2 is 2.05 bits per heavy atom. The first-order valence-electron chi connectivity index (χ1n) is 6.25. The lowest BCUT2D eigenvalue weighted by molar-refractivity contribution is 0.0953. The molecule has 0 radical (unpaired) electrons. The third-order valence-electron chi connectivity index (χ3n) is 3.08. The number of nitrogens with one attached hydrogen (secondary N) is 2. The van der Waals surface area contributed by atoms with Crippen molar-refractivity contribution in [2.45, 2.75) is 23.8 Å². The number of hydrogen-bond acceptors (Lipinski definition) is 5. The van der Waals surface area contributed by atoms with Gasteiger partial charge in [-0.1, -0.05) is 0 Å². The zero-order chi connectivity index (χ0) is 14.6. The smallest absolute Gasteiger partial charge is 0.265 e. The fourth-order valence-electron chi connectivity index (χ4n) is 1.96. The summed E-state index contributed by atoms with van der Waals surface area (Å²) in [5, 5.41) is 0. The van der Waals surface area contributed by atoms with E-state index in [4.69, 9.17) is 10.6 Å². The van der Waals surface area contributed by atoms with Crippen LogP contribution in [0.5, 0.6) is 0 Å². The second-order valence-corrected chi connectivity index (χ2v) is 6.25. The number of benzene rings is 1. The molecule has 4 N–H and O–H groups in total. The molecule has 20 heavy (non-hydrogen) atoms. The quantitative estimate of drug-likeness (QED) is 0.394. The van der Waals surface area contributed by atoms with Crippen LogP contribution in [0.25, 0.3) is 0 Å². The van der Waals surface area contributed by atoms with Crippen LogP contribution in [0.1, 0.15) is 23.2 Å². The third-order valence-corrected chi connectivity index (χ3v) is 4.52. The molecular formula is C12H17N3O4S. The zero-order valence-corrected chi connectivity index (χ0v) is 11.7. The molecule has 7 nitrogen and oxygen atoms in total. The lowest BCUT2D eigenvalue weighted by Crippen LogP contribution is -2.32. The number of hydrazine groups is 1. The first-order valence-corrected chi connectivity index (χ1v) is 7.73. The highest BCUT2D eigenvalue weighted by atomic mass is 32.2. The van der Waals surface area contributed by atoms with E-state index in [1.807, 2.05) is 5.43 Å². The molecule has 1 aromatic rings. The van der Waals surface area contributed by atoms with Crippen molar-refractivity contribution in [2.24, 2.45) is 5.84 Å². The number of carbonyl (C=O) groups excluding carboxylic acids is 1. The number of nitrogen functional groups attached to an aromatic ring is 1. The van der Waals surface area contributed by atoms with Crippen molar-refractivity contribution in [1.82, 2.24) is 10.1 Å². The maximum absolute atomic E-state index is 12.0. The Labute approximate surface area is 117 Å². The van der Waals surface area contributed by atoms with Crippen LogP contribution in [0.3, 0.4) is 0 Å². The highest BCUT2D eigenvalue weighted by Gasteiger charge is 2.20. The summed E-state index contributed by atoms with van der Waals surface area (Å²) in [5.74, 6) is 4.53. The number of sulfonamides is 1. The van der Waals surface area contributed by atoms with Crippen LogP contribution >= 0.6 is 0 Å². The Hall–Kier alpha value is -1.48. The van der Waals surface area contributed by atoms with Crippen LogP contribution in [0.4, 0.5) is 0 Å². The van der Waals surface area contributed by atoms with Crippen LogP contribution in [-0.4, -0.2) is 33.6 Å². The van der Waals surface area contributed by atoms with E-state index in [0.717, 1.165) is 12.8 Å². The Morgan fingerprint density at radius 3 is 2.60 bits per heavy atom. The Bertz CT molecular complexity index is 565. The summed E-state index contributed by atoms with van der Waals surface area (Å²) in [6.07, 6.45) is 1.75. The van der Waals surface area contributed by atoms with Gasteiger partial charge in [0.05, 0.1) is 11.0 Å². The number of nitrogens with two attached hydrogens (primary N) is 1. The van der Waals surface area contributed by atoms with E-state index in [1.165, 1.54) is 24.3 Å². The van der Waals surface area contributed by atoms with Crippen molar-refractivity contribution >= 4 is 15.9 Å². The highest BCUT2D eigenvalue weighted by Crippen LogP contribution is 2.14. The summed E-state index contributed by atoms with van der Waals surface area (Å²) in [6, 6.07) is 5.54. The zero-order valence-electron chi connectivity index (χ0n) is 10.8. The molecule has 1 atom stereocenters. The number of carbonyl (C=O) groups is 1. The van der Waals surface area contributed by atoms with Gasteiger partial charge >= 0.3 is 0 Å². The van der Waals surface area contributed by atoms with Gasteiger partial charge in [0, 0.05) is 18.7 Å². The highest BCUT2D eigenvalue weighted by molar-refractivity contribution is 7.89. The molecule has 0 saturated carbocycles. The van der Waals surface area contributed by atoms with E-state index in [-0.39, 0.29) is 17.5 Å². The summed E-state index contributed by atoms with van der Waals surface area (Å²) in [6.45, 7) is 0.933. The van der Waals surface area contributed by atoms with E-state index >= 15 is 0 Å². The predicted molar refractivity (Wildman–Crippen MR) is 72.3 cm³/mol. The molecule has 0 spiro atoms.